The molecule has 0 amide bonds. The van der Waals surface area contributed by atoms with E-state index in [-0.39, 0.29) is 0 Å². The summed E-state index contributed by atoms with van der Waals surface area (Å²) in [4.78, 5) is 8.72. The van der Waals surface area contributed by atoms with Gasteiger partial charge in [-0.05, 0) is 36.6 Å². The lowest BCUT2D eigenvalue weighted by Gasteiger charge is -2.23. The number of benzene rings is 1. The number of hydrogen-bond acceptors (Lipinski definition) is 6. The second-order valence-electron chi connectivity index (χ2n) is 6.38. The summed E-state index contributed by atoms with van der Waals surface area (Å²) in [7, 11) is 0. The second-order valence-corrected chi connectivity index (χ2v) is 6.38. The Morgan fingerprint density at radius 3 is 2.69 bits per heavy atom. The molecule has 7 nitrogen and oxygen atoms in total. The van der Waals surface area contributed by atoms with Crippen LogP contribution in [-0.2, 0) is 6.42 Å². The van der Waals surface area contributed by atoms with Crippen LogP contribution in [0.2, 0.25) is 0 Å². The molecule has 0 aliphatic heterocycles. The maximum absolute atomic E-state index is 8.73. The van der Waals surface area contributed by atoms with Crippen LogP contribution in [-0.4, -0.2) is 20.2 Å². The highest BCUT2D eigenvalue weighted by Gasteiger charge is 2.21. The van der Waals surface area contributed by atoms with Gasteiger partial charge in [-0.2, -0.15) is 15.3 Å². The minimum absolute atomic E-state index is 0.405. The first-order valence-electron chi connectivity index (χ1n) is 8.68. The van der Waals surface area contributed by atoms with Gasteiger partial charge >= 0.3 is 0 Å². The topological polar surface area (TPSA) is 102 Å². The van der Waals surface area contributed by atoms with Gasteiger partial charge in [0.05, 0.1) is 12.5 Å². The van der Waals surface area contributed by atoms with Crippen molar-refractivity contribution >= 4 is 23.3 Å². The molecular weight excluding hydrogens is 326 g/mol. The molecular formula is C19H19N7. The number of hydrogen-bond donors (Lipinski definition) is 3. The van der Waals surface area contributed by atoms with Crippen molar-refractivity contribution in [1.82, 2.24) is 20.2 Å². The van der Waals surface area contributed by atoms with Crippen molar-refractivity contribution in [3.63, 3.8) is 0 Å². The summed E-state index contributed by atoms with van der Waals surface area (Å²) in [6.45, 7) is 0. The quantitative estimate of drug-likeness (QED) is 0.623. The molecule has 3 aromatic rings. The van der Waals surface area contributed by atoms with Gasteiger partial charge in [-0.3, -0.25) is 5.10 Å². The summed E-state index contributed by atoms with van der Waals surface area (Å²) >= 11 is 0. The van der Waals surface area contributed by atoms with Crippen LogP contribution in [0.5, 0.6) is 0 Å². The van der Waals surface area contributed by atoms with Gasteiger partial charge in [-0.25, -0.2) is 4.98 Å². The normalized spacial score (nSPS) is 13.7. The first kappa shape index (κ1) is 16.1. The first-order valence-corrected chi connectivity index (χ1v) is 8.68. The highest BCUT2D eigenvalue weighted by Crippen LogP contribution is 2.36. The van der Waals surface area contributed by atoms with Crippen molar-refractivity contribution in [3.05, 3.63) is 53.9 Å². The van der Waals surface area contributed by atoms with Crippen LogP contribution in [0.15, 0.2) is 42.6 Å². The lowest BCUT2D eigenvalue weighted by Crippen LogP contribution is -2.08. The Bertz CT molecular complexity index is 920. The predicted octanol–water partition coefficient (Wildman–Crippen LogP) is 4.02. The monoisotopic (exact) mass is 345 g/mol. The Labute approximate surface area is 151 Å². The summed E-state index contributed by atoms with van der Waals surface area (Å²) < 4.78 is 0. The fraction of sp³-hybridized carbons (Fsp3) is 0.263. The maximum atomic E-state index is 8.73. The van der Waals surface area contributed by atoms with Gasteiger partial charge < -0.3 is 10.6 Å². The van der Waals surface area contributed by atoms with Gasteiger partial charge in [-0.15, -0.1) is 0 Å². The van der Waals surface area contributed by atoms with Crippen LogP contribution in [0.3, 0.4) is 0 Å². The zero-order chi connectivity index (χ0) is 17.8. The largest absolute Gasteiger partial charge is 0.324 e. The summed E-state index contributed by atoms with van der Waals surface area (Å²) in [6, 6.07) is 13.6. The van der Waals surface area contributed by atoms with Crippen molar-refractivity contribution in [2.75, 3.05) is 10.6 Å². The fourth-order valence-corrected chi connectivity index (χ4v) is 2.88. The third-order valence-corrected chi connectivity index (χ3v) is 4.55. The molecule has 26 heavy (non-hydrogen) atoms. The average Bonchev–Trinajstić information content (AvgIpc) is 3.03. The molecule has 3 N–H and O–H groups in total. The number of anilines is 4. The predicted molar refractivity (Wildman–Crippen MR) is 99.5 cm³/mol. The molecule has 0 atom stereocenters. The zero-order valence-electron chi connectivity index (χ0n) is 14.2. The third kappa shape index (κ3) is 3.64. The van der Waals surface area contributed by atoms with E-state index in [1.165, 1.54) is 25.0 Å². The number of nitrogens with one attached hydrogen (secondary N) is 3. The highest BCUT2D eigenvalue weighted by molar-refractivity contribution is 5.58. The van der Waals surface area contributed by atoms with E-state index in [0.29, 0.717) is 24.1 Å². The fourth-order valence-electron chi connectivity index (χ4n) is 2.88. The van der Waals surface area contributed by atoms with Crippen molar-refractivity contribution in [3.8, 4) is 6.07 Å². The van der Waals surface area contributed by atoms with Crippen LogP contribution in [0.1, 0.15) is 36.4 Å². The van der Waals surface area contributed by atoms with Crippen molar-refractivity contribution < 1.29 is 0 Å². The van der Waals surface area contributed by atoms with Gasteiger partial charge in [0.15, 0.2) is 5.82 Å². The van der Waals surface area contributed by atoms with Crippen molar-refractivity contribution in [1.29, 1.82) is 5.26 Å². The van der Waals surface area contributed by atoms with Crippen LogP contribution in [0, 0.1) is 11.3 Å². The Kier molecular flexibility index (Phi) is 4.48. The molecule has 2 heterocycles. The number of nitriles is 1. The zero-order valence-corrected chi connectivity index (χ0v) is 14.2. The van der Waals surface area contributed by atoms with E-state index in [4.69, 9.17) is 5.26 Å². The minimum atomic E-state index is 0.405. The highest BCUT2D eigenvalue weighted by atomic mass is 15.2. The standard InChI is InChI=1S/C19H19N7/c20-10-8-13-4-6-15(7-5-13)22-19-21-11-9-17(24-19)23-18-12-16(25-26-18)14-2-1-3-14/h4-7,9,11-12,14H,1-3,8H2,(H3,21,22,23,24,25,26). The molecule has 1 fully saturated rings. The van der Waals surface area contributed by atoms with Gasteiger partial charge in [0.1, 0.15) is 5.82 Å². The first-order chi connectivity index (χ1) is 12.8. The molecule has 7 heteroatoms. The average molecular weight is 345 g/mol. The lowest BCUT2D eigenvalue weighted by molar-refractivity contribution is 0.410. The minimum Gasteiger partial charge on any atom is -0.324 e. The number of rotatable bonds is 6. The van der Waals surface area contributed by atoms with Crippen LogP contribution in [0.25, 0.3) is 0 Å². The summed E-state index contributed by atoms with van der Waals surface area (Å²) in [5, 5.41) is 22.5. The van der Waals surface area contributed by atoms with E-state index < -0.39 is 0 Å². The van der Waals surface area contributed by atoms with Gasteiger partial charge in [0.2, 0.25) is 5.95 Å². The van der Waals surface area contributed by atoms with Crippen LogP contribution < -0.4 is 10.6 Å². The van der Waals surface area contributed by atoms with E-state index in [9.17, 15) is 0 Å². The SMILES string of the molecule is N#CCc1ccc(Nc2nccc(Nc3cc(C4CCC4)[nH]n3)n2)cc1. The molecule has 0 radical (unpaired) electrons. The molecule has 2 aromatic heterocycles. The van der Waals surface area contributed by atoms with Crippen molar-refractivity contribution in [2.24, 2.45) is 0 Å². The van der Waals surface area contributed by atoms with Gasteiger partial charge in [-0.1, -0.05) is 18.6 Å². The Morgan fingerprint density at radius 1 is 1.12 bits per heavy atom. The molecule has 0 bridgehead atoms. The summed E-state index contributed by atoms with van der Waals surface area (Å²) in [6.07, 6.45) is 5.86. The molecule has 0 saturated heterocycles. The van der Waals surface area contributed by atoms with E-state index in [2.05, 4.69) is 36.9 Å². The number of aromatic nitrogens is 4. The Balaban J connectivity index is 1.42. The molecule has 130 valence electrons. The maximum Gasteiger partial charge on any atom is 0.229 e. The molecule has 1 aromatic carbocycles. The molecule has 1 aliphatic carbocycles. The number of aromatic amines is 1. The van der Waals surface area contributed by atoms with Gasteiger partial charge in [0, 0.05) is 29.6 Å². The Hall–Kier alpha value is -3.40. The smallest absolute Gasteiger partial charge is 0.229 e. The number of H-pyrrole nitrogens is 1. The molecule has 4 rings (SSSR count). The molecule has 1 saturated carbocycles. The van der Waals surface area contributed by atoms with E-state index >= 15 is 0 Å². The van der Waals surface area contributed by atoms with Crippen molar-refractivity contribution in [2.45, 2.75) is 31.6 Å². The lowest BCUT2D eigenvalue weighted by atomic mass is 9.83. The van der Waals surface area contributed by atoms with Crippen LogP contribution >= 0.6 is 0 Å². The molecule has 0 spiro atoms. The summed E-state index contributed by atoms with van der Waals surface area (Å²) in [5.74, 6) is 2.55. The third-order valence-electron chi connectivity index (χ3n) is 4.55. The van der Waals surface area contributed by atoms with Gasteiger partial charge in [0.25, 0.3) is 0 Å². The Morgan fingerprint density at radius 2 is 1.96 bits per heavy atom. The second kappa shape index (κ2) is 7.23. The molecule has 0 unspecified atom stereocenters. The van der Waals surface area contributed by atoms with E-state index in [1.54, 1.807) is 12.3 Å². The number of nitrogens with zero attached hydrogens (tertiary/aromatic N) is 4. The van der Waals surface area contributed by atoms with Crippen LogP contribution in [0.4, 0.5) is 23.3 Å². The summed E-state index contributed by atoms with van der Waals surface area (Å²) in [5.41, 5.74) is 3.04. The van der Waals surface area contributed by atoms with E-state index in [1.807, 2.05) is 30.3 Å². The van der Waals surface area contributed by atoms with E-state index in [0.717, 1.165) is 17.1 Å². The molecule has 1 aliphatic rings.